The number of hydrogen-bond acceptors (Lipinski definition) is 6. The van der Waals surface area contributed by atoms with Gasteiger partial charge in [-0.3, -0.25) is 9.59 Å². The van der Waals surface area contributed by atoms with Crippen LogP contribution in [-0.2, 0) is 19.1 Å². The van der Waals surface area contributed by atoms with Crippen LogP contribution in [0.4, 0.5) is 0 Å². The summed E-state index contributed by atoms with van der Waals surface area (Å²) in [6, 6.07) is 3.74. The van der Waals surface area contributed by atoms with E-state index in [4.69, 9.17) is 20.0 Å². The lowest BCUT2D eigenvalue weighted by Crippen LogP contribution is -2.21. The average molecular weight is 290 g/mol. The zero-order chi connectivity index (χ0) is 16.1. The second kappa shape index (κ2) is 10.2. The third kappa shape index (κ3) is 7.54. The summed E-state index contributed by atoms with van der Waals surface area (Å²) >= 11 is 0. The molecule has 0 N–H and O–H groups in total. The van der Waals surface area contributed by atoms with Gasteiger partial charge in [0.1, 0.15) is 18.6 Å². The Morgan fingerprint density at radius 1 is 0.952 bits per heavy atom. The van der Waals surface area contributed by atoms with Gasteiger partial charge >= 0.3 is 11.9 Å². The van der Waals surface area contributed by atoms with Crippen LogP contribution in [0.5, 0.6) is 0 Å². The second-order valence-electron chi connectivity index (χ2n) is 4.25. The Hall–Kier alpha value is -2.60. The third-order valence-corrected chi connectivity index (χ3v) is 2.66. The van der Waals surface area contributed by atoms with Crippen LogP contribution in [0.3, 0.4) is 0 Å². The highest BCUT2D eigenvalue weighted by Crippen LogP contribution is 2.28. The van der Waals surface area contributed by atoms with Gasteiger partial charge in [-0.2, -0.15) is 10.5 Å². The number of rotatable bonds is 10. The maximum atomic E-state index is 11.4. The van der Waals surface area contributed by atoms with Gasteiger partial charge < -0.3 is 9.47 Å². The normalized spacial score (nSPS) is 9.81. The van der Waals surface area contributed by atoms with E-state index in [1.165, 1.54) is 12.2 Å². The van der Waals surface area contributed by atoms with Crippen LogP contribution in [0.2, 0.25) is 0 Å². The summed E-state index contributed by atoms with van der Waals surface area (Å²) < 4.78 is 9.55. The summed E-state index contributed by atoms with van der Waals surface area (Å²) in [5, 5.41) is 18.3. The van der Waals surface area contributed by atoms with Crippen LogP contribution in [0.1, 0.15) is 25.7 Å². The van der Waals surface area contributed by atoms with Crippen molar-refractivity contribution in [3.05, 3.63) is 25.3 Å². The third-order valence-electron chi connectivity index (χ3n) is 2.66. The summed E-state index contributed by atoms with van der Waals surface area (Å²) in [5.41, 5.74) is -1.40. The Bertz CT molecular complexity index is 427. The van der Waals surface area contributed by atoms with E-state index in [0.29, 0.717) is 0 Å². The van der Waals surface area contributed by atoms with E-state index in [0.717, 1.165) is 0 Å². The molecular formula is C15H18N2O4. The summed E-state index contributed by atoms with van der Waals surface area (Å²) in [4.78, 5) is 22.7. The standard InChI is InChI=1S/C15H18N2O4/c1-3-9-20-13(18)5-7-15(11-16,12-17)8-6-14(19)21-10-4-2/h3-4H,1-2,5-10H2. The molecule has 6 heteroatoms. The molecule has 0 aliphatic carbocycles. The van der Waals surface area contributed by atoms with Gasteiger partial charge in [0, 0.05) is 12.8 Å². The molecule has 0 fully saturated rings. The molecule has 0 aromatic rings. The van der Waals surface area contributed by atoms with Gasteiger partial charge in [0.25, 0.3) is 0 Å². The van der Waals surface area contributed by atoms with E-state index in [1.807, 2.05) is 12.1 Å². The highest BCUT2D eigenvalue weighted by atomic mass is 16.5. The first-order chi connectivity index (χ1) is 10.0. The number of nitriles is 2. The van der Waals surface area contributed by atoms with Gasteiger partial charge in [-0.25, -0.2) is 0 Å². The highest BCUT2D eigenvalue weighted by molar-refractivity contribution is 5.70. The lowest BCUT2D eigenvalue weighted by molar-refractivity contribution is -0.142. The fourth-order valence-electron chi connectivity index (χ4n) is 1.45. The Labute approximate surface area is 124 Å². The zero-order valence-electron chi connectivity index (χ0n) is 11.8. The first-order valence-electron chi connectivity index (χ1n) is 6.39. The Balaban J connectivity index is 4.43. The monoisotopic (exact) mass is 290 g/mol. The fraction of sp³-hybridized carbons (Fsp3) is 0.467. The molecule has 0 rings (SSSR count). The molecule has 0 unspecified atom stereocenters. The van der Waals surface area contributed by atoms with E-state index in [1.54, 1.807) is 0 Å². The van der Waals surface area contributed by atoms with E-state index >= 15 is 0 Å². The summed E-state index contributed by atoms with van der Waals surface area (Å²) in [6.07, 6.45) is 2.72. The van der Waals surface area contributed by atoms with Crippen molar-refractivity contribution in [1.29, 1.82) is 10.5 Å². The largest absolute Gasteiger partial charge is 0.461 e. The Kier molecular flexibility index (Phi) is 8.95. The molecule has 112 valence electrons. The molecule has 0 aliphatic heterocycles. The van der Waals surface area contributed by atoms with Crippen LogP contribution in [0.15, 0.2) is 25.3 Å². The number of esters is 2. The van der Waals surface area contributed by atoms with Gasteiger partial charge in [-0.1, -0.05) is 25.3 Å². The smallest absolute Gasteiger partial charge is 0.306 e. The number of nitrogens with zero attached hydrogens (tertiary/aromatic N) is 2. The molecule has 0 heterocycles. The van der Waals surface area contributed by atoms with E-state index in [2.05, 4.69) is 13.2 Å². The Morgan fingerprint density at radius 3 is 1.62 bits per heavy atom. The van der Waals surface area contributed by atoms with Crippen LogP contribution in [0.25, 0.3) is 0 Å². The molecule has 0 atom stereocenters. The van der Waals surface area contributed by atoms with E-state index in [9.17, 15) is 9.59 Å². The van der Waals surface area contributed by atoms with Crippen LogP contribution in [0, 0.1) is 28.1 Å². The number of carbonyl (C=O) groups excluding carboxylic acids is 2. The molecule has 0 saturated heterocycles. The van der Waals surface area contributed by atoms with Crippen molar-refractivity contribution in [2.24, 2.45) is 5.41 Å². The molecule has 0 radical (unpaired) electrons. The van der Waals surface area contributed by atoms with Gasteiger partial charge in [-0.05, 0) is 12.8 Å². The quantitative estimate of drug-likeness (QED) is 0.451. The maximum Gasteiger partial charge on any atom is 0.306 e. The van der Waals surface area contributed by atoms with Crippen LogP contribution < -0.4 is 0 Å². The molecule has 0 aromatic carbocycles. The minimum Gasteiger partial charge on any atom is -0.461 e. The summed E-state index contributed by atoms with van der Waals surface area (Å²) in [6.45, 7) is 6.98. The lowest BCUT2D eigenvalue weighted by atomic mass is 9.82. The molecule has 0 amide bonds. The molecule has 21 heavy (non-hydrogen) atoms. The van der Waals surface area contributed by atoms with Gasteiger partial charge in [-0.15, -0.1) is 0 Å². The van der Waals surface area contributed by atoms with Crippen LogP contribution >= 0.6 is 0 Å². The minimum atomic E-state index is -1.40. The van der Waals surface area contributed by atoms with Crippen molar-refractivity contribution in [3.8, 4) is 12.1 Å². The first-order valence-corrected chi connectivity index (χ1v) is 6.39. The summed E-state index contributed by atoms with van der Waals surface area (Å²) in [7, 11) is 0. The predicted molar refractivity (Wildman–Crippen MR) is 74.4 cm³/mol. The van der Waals surface area contributed by atoms with Crippen molar-refractivity contribution in [3.63, 3.8) is 0 Å². The van der Waals surface area contributed by atoms with Crippen molar-refractivity contribution in [1.82, 2.24) is 0 Å². The van der Waals surface area contributed by atoms with E-state index < -0.39 is 17.4 Å². The van der Waals surface area contributed by atoms with Crippen molar-refractivity contribution in [2.45, 2.75) is 25.7 Å². The van der Waals surface area contributed by atoms with Gasteiger partial charge in [0.15, 0.2) is 0 Å². The van der Waals surface area contributed by atoms with Crippen molar-refractivity contribution in [2.75, 3.05) is 13.2 Å². The average Bonchev–Trinajstić information content (AvgIpc) is 2.51. The molecule has 0 aromatic heterocycles. The second-order valence-corrected chi connectivity index (χ2v) is 4.25. The number of carbonyl (C=O) groups is 2. The number of ether oxygens (including phenoxy) is 2. The molecule has 0 aliphatic rings. The molecule has 0 saturated carbocycles. The SMILES string of the molecule is C=CCOC(=O)CCC(C#N)(C#N)CCC(=O)OCC=C. The van der Waals surface area contributed by atoms with Gasteiger partial charge in [0.2, 0.25) is 0 Å². The zero-order valence-corrected chi connectivity index (χ0v) is 11.8. The molecule has 0 bridgehead atoms. The molecular weight excluding hydrogens is 272 g/mol. The molecule has 0 spiro atoms. The molecule has 6 nitrogen and oxygen atoms in total. The minimum absolute atomic E-state index is 0.00468. The Morgan fingerprint density at radius 2 is 1.33 bits per heavy atom. The highest BCUT2D eigenvalue weighted by Gasteiger charge is 2.31. The van der Waals surface area contributed by atoms with Gasteiger partial charge in [0.05, 0.1) is 12.1 Å². The topological polar surface area (TPSA) is 100 Å². The van der Waals surface area contributed by atoms with Crippen LogP contribution in [-0.4, -0.2) is 25.2 Å². The number of hydrogen-bond donors (Lipinski definition) is 0. The predicted octanol–water partition coefficient (Wildman–Crippen LogP) is 2.04. The lowest BCUT2D eigenvalue weighted by Gasteiger charge is -2.17. The van der Waals surface area contributed by atoms with Crippen molar-refractivity contribution < 1.29 is 19.1 Å². The fourth-order valence-corrected chi connectivity index (χ4v) is 1.45. The van der Waals surface area contributed by atoms with Crippen molar-refractivity contribution >= 4 is 11.9 Å². The summed E-state index contributed by atoms with van der Waals surface area (Å²) in [5.74, 6) is -1.03. The maximum absolute atomic E-state index is 11.4. The van der Waals surface area contributed by atoms with E-state index in [-0.39, 0.29) is 38.9 Å². The first kappa shape index (κ1) is 18.4.